The topological polar surface area (TPSA) is 167 Å². The van der Waals surface area contributed by atoms with Crippen molar-refractivity contribution in [3.05, 3.63) is 89.1 Å². The van der Waals surface area contributed by atoms with Gasteiger partial charge < -0.3 is 20.1 Å². The highest BCUT2D eigenvalue weighted by Gasteiger charge is 2.26. The molecule has 0 unspecified atom stereocenters. The molecule has 4 N–H and O–H groups in total. The molecule has 234 valence electrons. The maximum Gasteiger partial charge on any atom is 0.243 e. The lowest BCUT2D eigenvalue weighted by Gasteiger charge is -2.34. The van der Waals surface area contributed by atoms with Crippen molar-refractivity contribution in [2.45, 2.75) is 38.3 Å². The number of phenolic OH excluding ortho intramolecular Hbond substituents is 1. The zero-order chi connectivity index (χ0) is 32.6. The van der Waals surface area contributed by atoms with Crippen molar-refractivity contribution < 1.29 is 24.2 Å². The number of carbonyl (C=O) groups is 1. The lowest BCUT2D eigenvalue weighted by Crippen LogP contribution is -2.43. The Hall–Kier alpha value is -5.56. The second-order valence-electron chi connectivity index (χ2n) is 10.9. The summed E-state index contributed by atoms with van der Waals surface area (Å²) in [5.74, 6) is -0.473. The van der Waals surface area contributed by atoms with E-state index in [-0.39, 0.29) is 35.1 Å². The van der Waals surface area contributed by atoms with Crippen LogP contribution in [-0.2, 0) is 17.8 Å². The largest absolute Gasteiger partial charge is 0.504 e. The molecular weight excluding hydrogens is 589 g/mol. The maximum absolute atomic E-state index is 14.8. The molecule has 2 aromatic heterocycles. The molecule has 0 aliphatic carbocycles. The van der Waals surface area contributed by atoms with Crippen molar-refractivity contribution in [2.75, 3.05) is 25.1 Å². The Bertz CT molecular complexity index is 1810. The van der Waals surface area contributed by atoms with Gasteiger partial charge in [-0.15, -0.1) is 0 Å². The number of nitriles is 2. The van der Waals surface area contributed by atoms with Crippen molar-refractivity contribution in [1.29, 1.82) is 10.5 Å². The molecule has 0 bridgehead atoms. The van der Waals surface area contributed by atoms with Crippen LogP contribution in [0.1, 0.15) is 41.6 Å². The summed E-state index contributed by atoms with van der Waals surface area (Å²) in [4.78, 5) is 22.4. The van der Waals surface area contributed by atoms with Gasteiger partial charge >= 0.3 is 0 Å². The van der Waals surface area contributed by atoms with Gasteiger partial charge in [-0.1, -0.05) is 18.2 Å². The first kappa shape index (κ1) is 31.9. The van der Waals surface area contributed by atoms with Crippen molar-refractivity contribution in [2.24, 2.45) is 0 Å². The standard InChI is InChI=1S/C34H32FN7O4/c1-46-31-8-5-22(15-30(31)43)28-20-40-34(27(17-37)33(28)23-3-4-24(16-36)29(35)14-23)42-12-10-26(11-13-42)39-19-21-2-6-25(38-18-21)7-9-32(44)41-45/h2-6,8,14-15,18,20,26,39,43,45H,7,9-13,19H2,1H3,(H,41,44). The third kappa shape index (κ3) is 7.05. The fourth-order valence-electron chi connectivity index (χ4n) is 5.55. The number of aromatic nitrogens is 2. The number of aryl methyl sites for hydroxylation is 1. The molecule has 0 saturated carbocycles. The number of nitrogens with zero attached hydrogens (tertiary/aromatic N) is 5. The van der Waals surface area contributed by atoms with Crippen LogP contribution in [0.2, 0.25) is 0 Å². The quantitative estimate of drug-likeness (QED) is 0.145. The second kappa shape index (κ2) is 14.5. The van der Waals surface area contributed by atoms with E-state index in [1.165, 1.54) is 25.3 Å². The molecule has 0 radical (unpaired) electrons. The number of pyridine rings is 2. The first-order valence-corrected chi connectivity index (χ1v) is 14.7. The van der Waals surface area contributed by atoms with Crippen molar-refractivity contribution in [3.8, 4) is 45.9 Å². The molecule has 1 amide bonds. The molecule has 46 heavy (non-hydrogen) atoms. The van der Waals surface area contributed by atoms with E-state index in [0.29, 0.717) is 54.1 Å². The number of ether oxygens (including phenoxy) is 1. The van der Waals surface area contributed by atoms with Crippen LogP contribution in [0.4, 0.5) is 10.2 Å². The van der Waals surface area contributed by atoms with E-state index >= 15 is 0 Å². The number of benzene rings is 2. The summed E-state index contributed by atoms with van der Waals surface area (Å²) in [6, 6.07) is 17.3. The van der Waals surface area contributed by atoms with E-state index in [0.717, 1.165) is 24.1 Å². The fourth-order valence-corrected chi connectivity index (χ4v) is 5.55. The Morgan fingerprint density at radius 1 is 1.07 bits per heavy atom. The summed E-state index contributed by atoms with van der Waals surface area (Å²) in [6.07, 6.45) is 5.58. The van der Waals surface area contributed by atoms with Crippen LogP contribution in [0.25, 0.3) is 22.3 Å². The monoisotopic (exact) mass is 621 g/mol. The first-order valence-electron chi connectivity index (χ1n) is 14.7. The summed E-state index contributed by atoms with van der Waals surface area (Å²) in [6.45, 7) is 1.88. The lowest BCUT2D eigenvalue weighted by molar-refractivity contribution is -0.129. The van der Waals surface area contributed by atoms with Gasteiger partial charge in [0.2, 0.25) is 5.91 Å². The fraction of sp³-hybridized carbons (Fsp3) is 0.265. The van der Waals surface area contributed by atoms with Gasteiger partial charge in [0.25, 0.3) is 0 Å². The number of halogens is 1. The SMILES string of the molecule is COc1ccc(-c2cnc(N3CCC(NCc4ccc(CCC(=O)NO)nc4)CC3)c(C#N)c2-c2ccc(C#N)c(F)c2)cc1O. The molecular formula is C34H32FN7O4. The molecule has 1 aliphatic heterocycles. The minimum atomic E-state index is -0.698. The minimum absolute atomic E-state index is 0.0899. The Labute approximate surface area is 265 Å². The molecule has 1 saturated heterocycles. The average Bonchev–Trinajstić information content (AvgIpc) is 3.09. The molecule has 2 aromatic carbocycles. The normalized spacial score (nSPS) is 13.1. The summed E-state index contributed by atoms with van der Waals surface area (Å²) >= 11 is 0. The highest BCUT2D eigenvalue weighted by Crippen LogP contribution is 2.41. The van der Waals surface area contributed by atoms with E-state index < -0.39 is 11.7 Å². The molecule has 5 rings (SSSR count). The van der Waals surface area contributed by atoms with E-state index in [4.69, 9.17) is 14.9 Å². The summed E-state index contributed by atoms with van der Waals surface area (Å²) in [5, 5.41) is 42.4. The lowest BCUT2D eigenvalue weighted by atomic mass is 9.91. The van der Waals surface area contributed by atoms with Crippen LogP contribution in [0.5, 0.6) is 11.5 Å². The second-order valence-corrected chi connectivity index (χ2v) is 10.9. The van der Waals surface area contributed by atoms with Gasteiger partial charge in [-0.05, 0) is 66.3 Å². The van der Waals surface area contributed by atoms with Gasteiger partial charge in [0, 0.05) is 61.3 Å². The van der Waals surface area contributed by atoms with Crippen molar-refractivity contribution in [1.82, 2.24) is 20.8 Å². The van der Waals surface area contributed by atoms with Crippen LogP contribution >= 0.6 is 0 Å². The van der Waals surface area contributed by atoms with Crippen molar-refractivity contribution >= 4 is 11.7 Å². The van der Waals surface area contributed by atoms with E-state index in [1.54, 1.807) is 36.1 Å². The molecule has 4 aromatic rings. The van der Waals surface area contributed by atoms with Crippen LogP contribution in [0.3, 0.4) is 0 Å². The average molecular weight is 622 g/mol. The number of carbonyl (C=O) groups excluding carboxylic acids is 1. The van der Waals surface area contributed by atoms with Gasteiger partial charge in [0.15, 0.2) is 11.5 Å². The number of hydroxylamine groups is 1. The maximum atomic E-state index is 14.8. The van der Waals surface area contributed by atoms with Crippen molar-refractivity contribution in [3.63, 3.8) is 0 Å². The number of methoxy groups -OCH3 is 1. The number of aromatic hydroxyl groups is 1. The number of amides is 1. The number of phenols is 1. The van der Waals surface area contributed by atoms with Gasteiger partial charge in [-0.2, -0.15) is 10.5 Å². The van der Waals surface area contributed by atoms with Gasteiger partial charge in [-0.25, -0.2) is 14.9 Å². The predicted molar refractivity (Wildman–Crippen MR) is 167 cm³/mol. The molecule has 0 atom stereocenters. The number of anilines is 1. The van der Waals surface area contributed by atoms with E-state index in [2.05, 4.69) is 16.4 Å². The van der Waals surface area contributed by atoms with Gasteiger partial charge in [-0.3, -0.25) is 15.0 Å². The van der Waals surface area contributed by atoms with Gasteiger partial charge in [0.05, 0.1) is 12.7 Å². The zero-order valence-electron chi connectivity index (χ0n) is 25.1. The molecule has 1 fully saturated rings. The van der Waals surface area contributed by atoms with E-state index in [1.807, 2.05) is 23.1 Å². The minimum Gasteiger partial charge on any atom is -0.504 e. The summed E-state index contributed by atoms with van der Waals surface area (Å²) in [7, 11) is 1.45. The molecule has 11 nitrogen and oxygen atoms in total. The third-order valence-corrected chi connectivity index (χ3v) is 8.05. The number of nitrogens with one attached hydrogen (secondary N) is 2. The first-order chi connectivity index (χ1) is 22.3. The Balaban J connectivity index is 1.35. The van der Waals surface area contributed by atoms with E-state index in [9.17, 15) is 24.8 Å². The van der Waals surface area contributed by atoms with Gasteiger partial charge in [0.1, 0.15) is 29.3 Å². The molecule has 1 aliphatic rings. The summed E-state index contributed by atoms with van der Waals surface area (Å²) in [5.41, 5.74) is 5.51. The Morgan fingerprint density at radius 2 is 1.85 bits per heavy atom. The van der Waals surface area contributed by atoms with Crippen LogP contribution in [0.15, 0.2) is 60.9 Å². The highest BCUT2D eigenvalue weighted by molar-refractivity contribution is 5.90. The summed E-state index contributed by atoms with van der Waals surface area (Å²) < 4.78 is 20.0. The number of hydrogen-bond donors (Lipinski definition) is 4. The Morgan fingerprint density at radius 3 is 2.48 bits per heavy atom. The third-order valence-electron chi connectivity index (χ3n) is 8.05. The number of piperidine rings is 1. The molecule has 0 spiro atoms. The molecule has 3 heterocycles. The number of rotatable bonds is 10. The van der Waals surface area contributed by atoms with Crippen LogP contribution in [0, 0.1) is 28.5 Å². The number of hydrogen-bond acceptors (Lipinski definition) is 10. The van der Waals surface area contributed by atoms with Crippen LogP contribution in [-0.4, -0.2) is 52.4 Å². The van der Waals surface area contributed by atoms with Crippen LogP contribution < -0.4 is 20.4 Å². The highest BCUT2D eigenvalue weighted by atomic mass is 19.1. The predicted octanol–water partition coefficient (Wildman–Crippen LogP) is 4.60. The Kier molecular flexibility index (Phi) is 10.0. The molecule has 12 heteroatoms. The smallest absolute Gasteiger partial charge is 0.243 e. The zero-order valence-corrected chi connectivity index (χ0v) is 25.1.